The second-order valence-electron chi connectivity index (χ2n) is 5.68. The first-order valence-electron chi connectivity index (χ1n) is 6.09. The molecule has 3 N–H and O–H groups in total. The molecule has 0 aromatic heterocycles. The van der Waals surface area contributed by atoms with Crippen molar-refractivity contribution in [3.8, 4) is 0 Å². The minimum absolute atomic E-state index is 0.305. The smallest absolute Gasteiger partial charge is 0.407 e. The Kier molecular flexibility index (Phi) is 4.59. The number of rotatable bonds is 2. The molecule has 1 rings (SSSR count). The van der Waals surface area contributed by atoms with Gasteiger partial charge in [-0.1, -0.05) is 6.42 Å². The average molecular weight is 228 g/mol. The van der Waals surface area contributed by atoms with E-state index in [0.717, 1.165) is 19.3 Å². The molecule has 4 heteroatoms. The first-order valence-corrected chi connectivity index (χ1v) is 6.09. The number of alkyl carbamates (subject to hydrolysis) is 1. The Balaban J connectivity index is 2.21. The molecule has 16 heavy (non-hydrogen) atoms. The quantitative estimate of drug-likeness (QED) is 0.760. The van der Waals surface area contributed by atoms with Gasteiger partial charge in [0.15, 0.2) is 0 Å². The van der Waals surface area contributed by atoms with Gasteiger partial charge in [-0.3, -0.25) is 0 Å². The number of nitrogens with two attached hydrogens (primary N) is 1. The van der Waals surface area contributed by atoms with Crippen molar-refractivity contribution >= 4 is 6.09 Å². The largest absolute Gasteiger partial charge is 0.444 e. The van der Waals surface area contributed by atoms with Crippen molar-refractivity contribution in [2.45, 2.75) is 58.1 Å². The second kappa shape index (κ2) is 5.53. The van der Waals surface area contributed by atoms with Crippen LogP contribution in [0.2, 0.25) is 0 Å². The van der Waals surface area contributed by atoms with E-state index in [9.17, 15) is 4.79 Å². The van der Waals surface area contributed by atoms with Crippen LogP contribution < -0.4 is 11.1 Å². The maximum atomic E-state index is 11.4. The highest BCUT2D eigenvalue weighted by Crippen LogP contribution is 2.22. The lowest BCUT2D eigenvalue weighted by Gasteiger charge is -2.27. The monoisotopic (exact) mass is 228 g/mol. The van der Waals surface area contributed by atoms with E-state index < -0.39 is 5.60 Å². The van der Waals surface area contributed by atoms with Crippen LogP contribution in [-0.4, -0.2) is 24.3 Å². The van der Waals surface area contributed by atoms with E-state index in [4.69, 9.17) is 10.5 Å². The van der Waals surface area contributed by atoms with Gasteiger partial charge in [-0.25, -0.2) is 4.79 Å². The third kappa shape index (κ3) is 5.35. The van der Waals surface area contributed by atoms with Gasteiger partial charge in [0, 0.05) is 12.6 Å². The van der Waals surface area contributed by atoms with Gasteiger partial charge < -0.3 is 15.8 Å². The van der Waals surface area contributed by atoms with E-state index in [1.165, 1.54) is 6.42 Å². The minimum atomic E-state index is -0.424. The van der Waals surface area contributed by atoms with Crippen molar-refractivity contribution in [1.82, 2.24) is 5.32 Å². The van der Waals surface area contributed by atoms with Gasteiger partial charge in [0.25, 0.3) is 0 Å². The first kappa shape index (κ1) is 13.3. The highest BCUT2D eigenvalue weighted by Gasteiger charge is 2.21. The fraction of sp³-hybridized carbons (Fsp3) is 0.917. The summed E-state index contributed by atoms with van der Waals surface area (Å²) in [5, 5.41) is 2.81. The molecule has 1 fully saturated rings. The summed E-state index contributed by atoms with van der Waals surface area (Å²) < 4.78 is 5.17. The molecule has 0 aromatic carbocycles. The zero-order valence-electron chi connectivity index (χ0n) is 10.6. The summed E-state index contributed by atoms with van der Waals surface area (Å²) in [7, 11) is 0. The van der Waals surface area contributed by atoms with Crippen LogP contribution in [-0.2, 0) is 4.74 Å². The van der Waals surface area contributed by atoms with E-state index in [-0.39, 0.29) is 6.09 Å². The van der Waals surface area contributed by atoms with Crippen LogP contribution in [0.1, 0.15) is 46.5 Å². The number of amides is 1. The normalized spacial score (nSPS) is 26.2. The SMILES string of the molecule is CC(C)(C)OC(=O)NC[C@@H]1CCC[C@@H](N)C1. The van der Waals surface area contributed by atoms with Gasteiger partial charge in [-0.15, -0.1) is 0 Å². The number of hydrogen-bond acceptors (Lipinski definition) is 3. The molecule has 1 amide bonds. The molecule has 0 aromatic rings. The van der Waals surface area contributed by atoms with E-state index in [0.29, 0.717) is 18.5 Å². The van der Waals surface area contributed by atoms with Crippen molar-refractivity contribution in [3.63, 3.8) is 0 Å². The predicted molar refractivity (Wildman–Crippen MR) is 64.2 cm³/mol. The highest BCUT2D eigenvalue weighted by atomic mass is 16.6. The standard InChI is InChI=1S/C12H24N2O2/c1-12(2,3)16-11(15)14-8-9-5-4-6-10(13)7-9/h9-10H,4-8,13H2,1-3H3,(H,14,15)/t9-,10-/m1/s1. The molecule has 0 spiro atoms. The van der Waals surface area contributed by atoms with Crippen LogP contribution >= 0.6 is 0 Å². The summed E-state index contributed by atoms with van der Waals surface area (Å²) >= 11 is 0. The maximum Gasteiger partial charge on any atom is 0.407 e. The third-order valence-corrected chi connectivity index (χ3v) is 2.76. The molecule has 0 bridgehead atoms. The van der Waals surface area contributed by atoms with E-state index in [1.54, 1.807) is 0 Å². The molecule has 1 aliphatic carbocycles. The Labute approximate surface area is 97.9 Å². The topological polar surface area (TPSA) is 64.3 Å². The summed E-state index contributed by atoms with van der Waals surface area (Å²) in [6.07, 6.45) is 4.12. The van der Waals surface area contributed by atoms with Crippen LogP contribution in [0, 0.1) is 5.92 Å². The van der Waals surface area contributed by atoms with Gasteiger partial charge in [0.2, 0.25) is 0 Å². The Hall–Kier alpha value is -0.770. The molecule has 2 atom stereocenters. The minimum Gasteiger partial charge on any atom is -0.444 e. The Morgan fingerprint density at radius 3 is 2.69 bits per heavy atom. The molecular weight excluding hydrogens is 204 g/mol. The lowest BCUT2D eigenvalue weighted by Crippen LogP contribution is -2.38. The molecule has 0 aliphatic heterocycles. The van der Waals surface area contributed by atoms with E-state index in [2.05, 4.69) is 5.32 Å². The van der Waals surface area contributed by atoms with Crippen LogP contribution in [0.3, 0.4) is 0 Å². The third-order valence-electron chi connectivity index (χ3n) is 2.76. The Morgan fingerprint density at radius 2 is 2.12 bits per heavy atom. The maximum absolute atomic E-state index is 11.4. The summed E-state index contributed by atoms with van der Waals surface area (Å²) in [6, 6.07) is 0.305. The lowest BCUT2D eigenvalue weighted by molar-refractivity contribution is 0.0514. The summed E-state index contributed by atoms with van der Waals surface area (Å²) in [6.45, 7) is 6.28. The van der Waals surface area contributed by atoms with Crippen molar-refractivity contribution in [3.05, 3.63) is 0 Å². The summed E-state index contributed by atoms with van der Waals surface area (Å²) in [5.74, 6) is 0.510. The molecular formula is C12H24N2O2. The number of hydrogen-bond donors (Lipinski definition) is 2. The van der Waals surface area contributed by atoms with Gasteiger partial charge in [0.05, 0.1) is 0 Å². The summed E-state index contributed by atoms with van der Waals surface area (Å²) in [4.78, 5) is 11.4. The van der Waals surface area contributed by atoms with Crippen LogP contribution in [0.25, 0.3) is 0 Å². The van der Waals surface area contributed by atoms with E-state index >= 15 is 0 Å². The fourth-order valence-corrected chi connectivity index (χ4v) is 2.06. The van der Waals surface area contributed by atoms with Crippen LogP contribution in [0.4, 0.5) is 4.79 Å². The average Bonchev–Trinajstić information content (AvgIpc) is 2.12. The molecule has 1 saturated carbocycles. The van der Waals surface area contributed by atoms with Crippen LogP contribution in [0.5, 0.6) is 0 Å². The van der Waals surface area contributed by atoms with Gasteiger partial charge in [0.1, 0.15) is 5.60 Å². The molecule has 0 unspecified atom stereocenters. The molecule has 94 valence electrons. The zero-order valence-corrected chi connectivity index (χ0v) is 10.6. The van der Waals surface area contributed by atoms with Gasteiger partial charge in [-0.2, -0.15) is 0 Å². The van der Waals surface area contributed by atoms with Gasteiger partial charge in [-0.05, 0) is 46.0 Å². The second-order valence-corrected chi connectivity index (χ2v) is 5.68. The molecule has 1 aliphatic rings. The molecule has 0 saturated heterocycles. The Bertz CT molecular complexity index is 236. The lowest BCUT2D eigenvalue weighted by atomic mass is 9.86. The molecule has 0 radical (unpaired) electrons. The van der Waals surface area contributed by atoms with Crippen LogP contribution in [0.15, 0.2) is 0 Å². The first-order chi connectivity index (χ1) is 7.37. The number of ether oxygens (including phenoxy) is 1. The number of carbonyl (C=O) groups is 1. The summed E-state index contributed by atoms with van der Waals surface area (Å²) in [5.41, 5.74) is 5.47. The highest BCUT2D eigenvalue weighted by molar-refractivity contribution is 5.67. The fourth-order valence-electron chi connectivity index (χ4n) is 2.06. The van der Waals surface area contributed by atoms with E-state index in [1.807, 2.05) is 20.8 Å². The van der Waals surface area contributed by atoms with Gasteiger partial charge >= 0.3 is 6.09 Å². The van der Waals surface area contributed by atoms with Crippen molar-refractivity contribution in [1.29, 1.82) is 0 Å². The van der Waals surface area contributed by atoms with Crippen molar-refractivity contribution in [2.75, 3.05) is 6.54 Å². The molecule has 0 heterocycles. The van der Waals surface area contributed by atoms with Crippen molar-refractivity contribution in [2.24, 2.45) is 11.7 Å². The van der Waals surface area contributed by atoms with Crippen molar-refractivity contribution < 1.29 is 9.53 Å². The molecule has 4 nitrogen and oxygen atoms in total. The predicted octanol–water partition coefficient (Wildman–Crippen LogP) is 2.03. The Morgan fingerprint density at radius 1 is 1.44 bits per heavy atom. The zero-order chi connectivity index (χ0) is 12.2. The number of carbonyl (C=O) groups excluding carboxylic acids is 1. The number of nitrogens with one attached hydrogen (secondary N) is 1.